The second-order valence-electron chi connectivity index (χ2n) is 9.47. The molecule has 1 saturated heterocycles. The quantitative estimate of drug-likeness (QED) is 0.429. The number of amides is 2. The Labute approximate surface area is 224 Å². The third-order valence-corrected chi connectivity index (χ3v) is 8.61. The molecule has 1 aliphatic heterocycles. The Kier molecular flexibility index (Phi) is 6.74. The number of aryl methyl sites for hydroxylation is 1. The van der Waals surface area contributed by atoms with E-state index in [0.29, 0.717) is 35.9 Å². The summed E-state index contributed by atoms with van der Waals surface area (Å²) in [5.41, 5.74) is 0.273. The fourth-order valence-electron chi connectivity index (χ4n) is 4.60. The summed E-state index contributed by atoms with van der Waals surface area (Å²) in [6.07, 6.45) is -3.66. The molecule has 2 amide bonds. The van der Waals surface area contributed by atoms with Gasteiger partial charge in [-0.3, -0.25) is 14.3 Å². The zero-order valence-electron chi connectivity index (χ0n) is 20.3. The summed E-state index contributed by atoms with van der Waals surface area (Å²) < 4.78 is 84.5. The molecule has 208 valence electrons. The van der Waals surface area contributed by atoms with Gasteiger partial charge in [-0.05, 0) is 50.5 Å². The highest BCUT2D eigenvalue weighted by molar-refractivity contribution is 7.91. The lowest BCUT2D eigenvalue weighted by atomic mass is 10.1. The molecule has 2 aliphatic rings. The molecule has 5 rings (SSSR count). The maximum absolute atomic E-state index is 15.0. The number of halogens is 5. The molecule has 15 heteroatoms. The van der Waals surface area contributed by atoms with Crippen molar-refractivity contribution < 1.29 is 40.3 Å². The van der Waals surface area contributed by atoms with Crippen molar-refractivity contribution in [2.75, 3.05) is 13.1 Å². The second kappa shape index (κ2) is 9.66. The van der Waals surface area contributed by atoms with E-state index in [-0.39, 0.29) is 23.7 Å². The van der Waals surface area contributed by atoms with Crippen LogP contribution in [0.4, 0.5) is 17.6 Å². The van der Waals surface area contributed by atoms with Gasteiger partial charge in [-0.2, -0.15) is 5.10 Å². The van der Waals surface area contributed by atoms with E-state index in [0.717, 1.165) is 18.2 Å². The van der Waals surface area contributed by atoms with Crippen LogP contribution < -0.4 is 9.46 Å². The predicted molar refractivity (Wildman–Crippen MR) is 132 cm³/mol. The Hall–Kier alpha value is -3.39. The fourth-order valence-corrected chi connectivity index (χ4v) is 6.11. The molecular weight excluding hydrogens is 568 g/mol. The van der Waals surface area contributed by atoms with Crippen molar-refractivity contribution in [3.63, 3.8) is 0 Å². The number of carbonyl (C=O) groups excluding carboxylic acids is 2. The molecular formula is C24H21ClF4N4O5S. The minimum atomic E-state index is -4.95. The number of likely N-dealkylation sites (tertiary alicyclic amines) is 1. The lowest BCUT2D eigenvalue weighted by molar-refractivity contribution is -0.274. The van der Waals surface area contributed by atoms with Crippen LogP contribution in [0.2, 0.25) is 5.02 Å². The molecule has 3 aromatic rings. The van der Waals surface area contributed by atoms with Gasteiger partial charge in [-0.1, -0.05) is 11.6 Å². The van der Waals surface area contributed by atoms with Crippen LogP contribution in [-0.4, -0.2) is 59.6 Å². The number of alkyl halides is 3. The summed E-state index contributed by atoms with van der Waals surface area (Å²) in [5.74, 6) is -3.19. The number of ether oxygens (including phenoxy) is 1. The van der Waals surface area contributed by atoms with Crippen LogP contribution in [0.5, 0.6) is 5.75 Å². The van der Waals surface area contributed by atoms with Crippen LogP contribution in [0.3, 0.4) is 0 Å². The Morgan fingerprint density at radius 1 is 1.13 bits per heavy atom. The van der Waals surface area contributed by atoms with Crippen LogP contribution >= 0.6 is 11.6 Å². The molecule has 1 atom stereocenters. The van der Waals surface area contributed by atoms with Crippen molar-refractivity contribution in [1.29, 1.82) is 0 Å². The Balaban J connectivity index is 1.37. The van der Waals surface area contributed by atoms with E-state index in [1.165, 1.54) is 21.7 Å². The first-order valence-electron chi connectivity index (χ1n) is 11.8. The first-order valence-corrected chi connectivity index (χ1v) is 13.7. The van der Waals surface area contributed by atoms with E-state index in [1.807, 2.05) is 4.72 Å². The number of fused-ring (bicyclic) bond motifs is 1. The van der Waals surface area contributed by atoms with E-state index in [2.05, 4.69) is 9.84 Å². The SMILES string of the molecule is Cc1nn([C@@H]2CCN(C(=O)c3cc(Cl)cc(OC(F)(F)F)c3)C2)c2cc(F)c(C(=O)NS(=O)(=O)C3CC3)cc12. The molecule has 0 radical (unpaired) electrons. The average molecular weight is 589 g/mol. The number of hydrogen-bond donors (Lipinski definition) is 1. The molecule has 1 aromatic heterocycles. The van der Waals surface area contributed by atoms with Gasteiger partial charge in [-0.25, -0.2) is 17.5 Å². The van der Waals surface area contributed by atoms with Crippen LogP contribution in [0.1, 0.15) is 51.7 Å². The summed E-state index contributed by atoms with van der Waals surface area (Å²) in [7, 11) is -3.87. The molecule has 0 spiro atoms. The van der Waals surface area contributed by atoms with E-state index in [4.69, 9.17) is 11.6 Å². The molecule has 9 nitrogen and oxygen atoms in total. The van der Waals surface area contributed by atoms with E-state index in [9.17, 15) is 35.6 Å². The van der Waals surface area contributed by atoms with Crippen LogP contribution in [-0.2, 0) is 10.0 Å². The van der Waals surface area contributed by atoms with Crippen molar-refractivity contribution in [2.45, 2.75) is 43.8 Å². The number of hydrogen-bond acceptors (Lipinski definition) is 6. The molecule has 1 aliphatic carbocycles. The lowest BCUT2D eigenvalue weighted by Crippen LogP contribution is -2.33. The van der Waals surface area contributed by atoms with E-state index >= 15 is 0 Å². The Morgan fingerprint density at radius 2 is 1.85 bits per heavy atom. The number of nitrogens with one attached hydrogen (secondary N) is 1. The van der Waals surface area contributed by atoms with Crippen molar-refractivity contribution in [3.8, 4) is 5.75 Å². The molecule has 0 bridgehead atoms. The van der Waals surface area contributed by atoms with Gasteiger partial charge in [0.2, 0.25) is 10.0 Å². The number of benzene rings is 2. The van der Waals surface area contributed by atoms with Gasteiger partial charge < -0.3 is 9.64 Å². The van der Waals surface area contributed by atoms with Gasteiger partial charge in [0, 0.05) is 35.1 Å². The first-order chi connectivity index (χ1) is 18.2. The third-order valence-electron chi connectivity index (χ3n) is 6.57. The zero-order valence-corrected chi connectivity index (χ0v) is 21.8. The summed E-state index contributed by atoms with van der Waals surface area (Å²) in [6, 6.07) is 5.07. The monoisotopic (exact) mass is 588 g/mol. The van der Waals surface area contributed by atoms with Gasteiger partial charge in [0.15, 0.2) is 0 Å². The molecule has 2 aromatic carbocycles. The maximum atomic E-state index is 15.0. The van der Waals surface area contributed by atoms with Gasteiger partial charge in [0.1, 0.15) is 11.6 Å². The highest BCUT2D eigenvalue weighted by atomic mass is 35.5. The lowest BCUT2D eigenvalue weighted by Gasteiger charge is -2.18. The van der Waals surface area contributed by atoms with E-state index < -0.39 is 56.6 Å². The first kappa shape index (κ1) is 27.2. The van der Waals surface area contributed by atoms with Gasteiger partial charge >= 0.3 is 6.36 Å². The van der Waals surface area contributed by atoms with Gasteiger partial charge in [-0.15, -0.1) is 13.2 Å². The highest BCUT2D eigenvalue weighted by Gasteiger charge is 2.38. The largest absolute Gasteiger partial charge is 0.573 e. The molecule has 1 saturated carbocycles. The van der Waals surface area contributed by atoms with Crippen molar-refractivity contribution in [2.24, 2.45) is 0 Å². The maximum Gasteiger partial charge on any atom is 0.573 e. The summed E-state index contributed by atoms with van der Waals surface area (Å²) in [4.78, 5) is 27.0. The van der Waals surface area contributed by atoms with Crippen molar-refractivity contribution in [3.05, 3.63) is 58.0 Å². The number of sulfonamides is 1. The van der Waals surface area contributed by atoms with Crippen LogP contribution in [0, 0.1) is 12.7 Å². The Bertz CT molecular complexity index is 1600. The standard InChI is InChI=1S/C24H21ClF4N4O5S/c1-12-18-9-19(22(34)31-39(36,37)17-2-3-17)20(26)10-21(18)33(30-12)15-4-5-32(11-15)23(35)13-6-14(25)8-16(7-13)38-24(27,28)29/h6-10,15,17H,2-5,11H2,1H3,(H,31,34)/t15-/m1/s1. The van der Waals surface area contributed by atoms with Crippen LogP contribution in [0.15, 0.2) is 30.3 Å². The number of rotatable bonds is 6. The third kappa shape index (κ3) is 5.66. The second-order valence-corrected chi connectivity index (χ2v) is 11.9. The molecule has 1 N–H and O–H groups in total. The van der Waals surface area contributed by atoms with E-state index in [1.54, 1.807) is 6.92 Å². The molecule has 2 heterocycles. The Morgan fingerprint density at radius 3 is 2.51 bits per heavy atom. The number of aromatic nitrogens is 2. The normalized spacial score (nSPS) is 18.0. The minimum absolute atomic E-state index is 0.0910. The fraction of sp³-hybridized carbons (Fsp3) is 0.375. The highest BCUT2D eigenvalue weighted by Crippen LogP contribution is 2.32. The summed E-state index contributed by atoms with van der Waals surface area (Å²) >= 11 is 5.90. The van der Waals surface area contributed by atoms with Gasteiger partial charge in [0.25, 0.3) is 11.8 Å². The smallest absolute Gasteiger partial charge is 0.406 e. The number of carbonyl (C=O) groups is 2. The molecule has 2 fully saturated rings. The van der Waals surface area contributed by atoms with Crippen molar-refractivity contribution in [1.82, 2.24) is 19.4 Å². The minimum Gasteiger partial charge on any atom is -0.406 e. The molecule has 0 unspecified atom stereocenters. The summed E-state index contributed by atoms with van der Waals surface area (Å²) in [6.45, 7) is 2.01. The van der Waals surface area contributed by atoms with Crippen LogP contribution in [0.25, 0.3) is 10.9 Å². The predicted octanol–water partition coefficient (Wildman–Crippen LogP) is 4.35. The summed E-state index contributed by atoms with van der Waals surface area (Å²) in [5, 5.41) is 4.13. The topological polar surface area (TPSA) is 111 Å². The zero-order chi connectivity index (χ0) is 28.3. The van der Waals surface area contributed by atoms with Gasteiger partial charge in [0.05, 0.1) is 28.1 Å². The molecule has 39 heavy (non-hydrogen) atoms. The average Bonchev–Trinajstić information content (AvgIpc) is 3.50. The van der Waals surface area contributed by atoms with Crippen molar-refractivity contribution >= 4 is 44.3 Å². The number of nitrogens with zero attached hydrogens (tertiary/aromatic N) is 3.